The fourth-order valence-corrected chi connectivity index (χ4v) is 3.27. The molecule has 1 heterocycles. The van der Waals surface area contributed by atoms with E-state index in [0.29, 0.717) is 6.07 Å². The van der Waals surface area contributed by atoms with Crippen LogP contribution in [0.2, 0.25) is 10.0 Å². The fourth-order valence-electron chi connectivity index (χ4n) is 2.71. The number of hydrogen-bond donors (Lipinski definition) is 1. The second kappa shape index (κ2) is 10.2. The van der Waals surface area contributed by atoms with E-state index < -0.39 is 30.8 Å². The van der Waals surface area contributed by atoms with Crippen molar-refractivity contribution in [2.75, 3.05) is 12.4 Å². The number of anilines is 1. The lowest BCUT2D eigenvalue weighted by Crippen LogP contribution is -2.17. The van der Waals surface area contributed by atoms with Gasteiger partial charge in [0.25, 0.3) is 5.91 Å². The van der Waals surface area contributed by atoms with E-state index in [0.717, 1.165) is 12.1 Å². The predicted molar refractivity (Wildman–Crippen MR) is 118 cm³/mol. The maximum absolute atomic E-state index is 13.1. The van der Waals surface area contributed by atoms with Gasteiger partial charge in [0.2, 0.25) is 0 Å². The van der Waals surface area contributed by atoms with Crippen molar-refractivity contribution in [3.8, 4) is 23.0 Å². The van der Waals surface area contributed by atoms with Crippen molar-refractivity contribution in [1.29, 1.82) is 0 Å². The Balaban J connectivity index is 2.01. The average molecular weight is 518 g/mol. The number of ether oxygens (including phenoxy) is 3. The number of rotatable bonds is 7. The lowest BCUT2D eigenvalue weighted by Gasteiger charge is -2.16. The molecule has 0 aliphatic rings. The summed E-state index contributed by atoms with van der Waals surface area (Å²) >= 11 is 12.3. The number of halogens is 5. The molecule has 0 bridgehead atoms. The van der Waals surface area contributed by atoms with Crippen LogP contribution in [0.4, 0.5) is 18.9 Å². The predicted octanol–water partition coefficient (Wildman–Crippen LogP) is 6.54. The first-order chi connectivity index (χ1) is 17.1. The third-order valence-electron chi connectivity index (χ3n) is 4.10. The van der Waals surface area contributed by atoms with Crippen LogP contribution in [-0.4, -0.2) is 30.1 Å². The molecule has 178 valence electrons. The highest BCUT2D eigenvalue weighted by Gasteiger charge is 2.31. The Morgan fingerprint density at radius 3 is 2.50 bits per heavy atom. The zero-order valence-electron chi connectivity index (χ0n) is 20.0. The maximum atomic E-state index is 13.1. The monoisotopic (exact) mass is 517 g/mol. The number of hydrogen-bond acceptors (Lipinski definition) is 6. The maximum Gasteiger partial charge on any atom is 0.573 e. The summed E-state index contributed by atoms with van der Waals surface area (Å²) in [7, 11) is -3.07. The van der Waals surface area contributed by atoms with Crippen LogP contribution in [0.1, 0.15) is 31.9 Å². The second-order valence-electron chi connectivity index (χ2n) is 6.56. The van der Waals surface area contributed by atoms with Gasteiger partial charge >= 0.3 is 6.36 Å². The van der Waals surface area contributed by atoms with Crippen molar-refractivity contribution in [2.24, 2.45) is 0 Å². The smallest absolute Gasteiger partial charge is 0.493 e. The number of ketones is 1. The van der Waals surface area contributed by atoms with E-state index >= 15 is 0 Å². The number of carbonyl (C=O) groups is 2. The summed E-state index contributed by atoms with van der Waals surface area (Å²) < 4.78 is 74.0. The van der Waals surface area contributed by atoms with E-state index in [2.05, 4.69) is 15.0 Å². The average Bonchev–Trinajstić information content (AvgIpc) is 2.73. The fraction of sp³-hybridized carbons (Fsp3) is 0.136. The molecule has 2 aromatic carbocycles. The Bertz CT molecular complexity index is 1350. The molecule has 0 atom stereocenters. The molecule has 0 saturated heterocycles. The number of aromatic nitrogens is 1. The quantitative estimate of drug-likeness (QED) is 0.358. The van der Waals surface area contributed by atoms with Gasteiger partial charge in [-0.2, -0.15) is 0 Å². The molecule has 0 spiro atoms. The third-order valence-corrected chi connectivity index (χ3v) is 4.62. The molecule has 0 fully saturated rings. The molecule has 0 radical (unpaired) electrons. The minimum Gasteiger partial charge on any atom is -0.493 e. The number of nitrogens with one attached hydrogen (secondary N) is 1. The number of nitrogens with zero attached hydrogens (tertiary/aromatic N) is 1. The Labute approximate surface area is 205 Å². The standard InChI is InChI=1S/C22H15Cl2F3N2O5/c1-11(30)16-9-13(5-6-28-16)29-21(31)20-15(24)7-12(23)8-19(20)33-17-4-3-14(10-18(17)32-2)34-22(25,26)27/h3-10H,1-2H3,(H,28,29,31)/i2D3. The normalized spacial score (nSPS) is 12.7. The number of alkyl halides is 3. The molecule has 34 heavy (non-hydrogen) atoms. The Hall–Kier alpha value is -3.50. The van der Waals surface area contributed by atoms with Crippen LogP contribution < -0.4 is 19.5 Å². The number of amides is 1. The van der Waals surface area contributed by atoms with Crippen LogP contribution in [0.15, 0.2) is 48.7 Å². The molecule has 1 N–H and O–H groups in total. The Morgan fingerprint density at radius 1 is 1.06 bits per heavy atom. The topological polar surface area (TPSA) is 86.8 Å². The molecule has 1 aromatic heterocycles. The third kappa shape index (κ3) is 6.30. The lowest BCUT2D eigenvalue weighted by molar-refractivity contribution is -0.274. The molecule has 0 aliphatic heterocycles. The molecule has 3 rings (SSSR count). The van der Waals surface area contributed by atoms with E-state index in [9.17, 15) is 22.8 Å². The van der Waals surface area contributed by atoms with Crippen molar-refractivity contribution in [3.63, 3.8) is 0 Å². The van der Waals surface area contributed by atoms with Gasteiger partial charge in [-0.15, -0.1) is 13.2 Å². The highest BCUT2D eigenvalue weighted by atomic mass is 35.5. The summed E-state index contributed by atoms with van der Waals surface area (Å²) in [5.74, 6) is -3.25. The summed E-state index contributed by atoms with van der Waals surface area (Å²) in [6.45, 7) is 1.29. The first kappa shape index (κ1) is 21.1. The van der Waals surface area contributed by atoms with E-state index in [1.54, 1.807) is 0 Å². The number of Topliss-reactive ketones (excluding diaryl/α,β-unsaturated/α-hetero) is 1. The van der Waals surface area contributed by atoms with Crippen molar-refractivity contribution in [3.05, 3.63) is 70.0 Å². The van der Waals surface area contributed by atoms with Gasteiger partial charge in [-0.3, -0.25) is 14.6 Å². The van der Waals surface area contributed by atoms with Crippen LogP contribution >= 0.6 is 23.2 Å². The van der Waals surface area contributed by atoms with Gasteiger partial charge < -0.3 is 19.5 Å². The van der Waals surface area contributed by atoms with Gasteiger partial charge in [0.15, 0.2) is 17.3 Å². The van der Waals surface area contributed by atoms with Gasteiger partial charge in [-0.1, -0.05) is 23.2 Å². The van der Waals surface area contributed by atoms with Crippen LogP contribution in [0.3, 0.4) is 0 Å². The van der Waals surface area contributed by atoms with Crippen molar-refractivity contribution in [1.82, 2.24) is 4.98 Å². The molecular formula is C22H15Cl2F3N2O5. The summed E-state index contributed by atoms with van der Waals surface area (Å²) in [6.07, 6.45) is -3.75. The van der Waals surface area contributed by atoms with Crippen LogP contribution in [0, 0.1) is 0 Å². The summed E-state index contributed by atoms with van der Waals surface area (Å²) in [5, 5.41) is 2.38. The number of benzene rings is 2. The Kier molecular flexibility index (Phi) is 6.31. The minimum absolute atomic E-state index is 0.0228. The molecular weight excluding hydrogens is 500 g/mol. The second-order valence-corrected chi connectivity index (χ2v) is 7.40. The number of methoxy groups -OCH3 is 1. The lowest BCUT2D eigenvalue weighted by atomic mass is 10.1. The first-order valence-corrected chi connectivity index (χ1v) is 9.91. The van der Waals surface area contributed by atoms with Crippen molar-refractivity contribution in [2.45, 2.75) is 13.3 Å². The molecule has 0 aliphatic carbocycles. The van der Waals surface area contributed by atoms with Gasteiger partial charge in [0.1, 0.15) is 22.8 Å². The Morgan fingerprint density at radius 2 is 1.82 bits per heavy atom. The SMILES string of the molecule is [2H]C([2H])([2H])Oc1cc(OC(F)(F)F)ccc1Oc1cc(Cl)cc(Cl)c1C(=O)Nc1ccnc(C(C)=O)c1. The van der Waals surface area contributed by atoms with Crippen LogP contribution in [0.25, 0.3) is 0 Å². The molecule has 3 aromatic rings. The van der Waals surface area contributed by atoms with Crippen LogP contribution in [-0.2, 0) is 0 Å². The largest absolute Gasteiger partial charge is 0.573 e. The van der Waals surface area contributed by atoms with E-state index in [1.807, 2.05) is 0 Å². The summed E-state index contributed by atoms with van der Waals surface area (Å²) in [4.78, 5) is 28.5. The van der Waals surface area contributed by atoms with Gasteiger partial charge in [0, 0.05) is 36.0 Å². The van der Waals surface area contributed by atoms with Gasteiger partial charge in [-0.05, 0) is 30.3 Å². The number of pyridine rings is 1. The highest BCUT2D eigenvalue weighted by Crippen LogP contribution is 2.40. The molecule has 1 amide bonds. The zero-order chi connectivity index (χ0) is 27.5. The van der Waals surface area contributed by atoms with E-state index in [-0.39, 0.29) is 44.3 Å². The summed E-state index contributed by atoms with van der Waals surface area (Å²) in [5.41, 5.74) is 0.0223. The van der Waals surface area contributed by atoms with E-state index in [4.69, 9.17) is 36.8 Å². The van der Waals surface area contributed by atoms with Crippen molar-refractivity contribution < 1.29 is 41.1 Å². The molecule has 0 saturated carbocycles. The van der Waals surface area contributed by atoms with Gasteiger partial charge in [0.05, 0.1) is 16.2 Å². The first-order valence-electron chi connectivity index (χ1n) is 10.7. The molecule has 0 unspecified atom stereocenters. The molecule has 7 nitrogen and oxygen atoms in total. The highest BCUT2D eigenvalue weighted by molar-refractivity contribution is 6.37. The minimum atomic E-state index is -5.05. The van der Waals surface area contributed by atoms with Crippen LogP contribution in [0.5, 0.6) is 23.0 Å². The molecule has 12 heteroatoms. The van der Waals surface area contributed by atoms with Gasteiger partial charge in [-0.25, -0.2) is 0 Å². The van der Waals surface area contributed by atoms with Crippen molar-refractivity contribution >= 4 is 40.6 Å². The van der Waals surface area contributed by atoms with E-state index in [1.165, 1.54) is 37.4 Å². The number of carbonyl (C=O) groups excluding carboxylic acids is 2. The zero-order valence-corrected chi connectivity index (χ0v) is 18.5. The summed E-state index contributed by atoms with van der Waals surface area (Å²) in [6, 6.07) is 7.60.